The zero-order valence-corrected chi connectivity index (χ0v) is 12.0. The van der Waals surface area contributed by atoms with Crippen molar-refractivity contribution in [1.82, 2.24) is 19.6 Å². The third-order valence-corrected chi connectivity index (χ3v) is 3.92. The monoisotopic (exact) mass is 297 g/mol. The molecule has 1 aromatic carbocycles. The van der Waals surface area contributed by atoms with Crippen molar-refractivity contribution in [1.29, 1.82) is 0 Å². The maximum absolute atomic E-state index is 12.9. The molecule has 0 atom stereocenters. The Morgan fingerprint density at radius 3 is 2.77 bits per heavy atom. The Kier molecular flexibility index (Phi) is 3.21. The molecule has 0 unspecified atom stereocenters. The van der Waals surface area contributed by atoms with Crippen LogP contribution in [0.15, 0.2) is 36.7 Å². The van der Waals surface area contributed by atoms with E-state index in [4.69, 9.17) is 0 Å². The van der Waals surface area contributed by atoms with Crippen molar-refractivity contribution in [2.75, 3.05) is 11.9 Å². The number of hydrogen-bond acceptors (Lipinski definition) is 4. The molecule has 1 fully saturated rings. The third-order valence-electron chi connectivity index (χ3n) is 3.92. The summed E-state index contributed by atoms with van der Waals surface area (Å²) in [6, 6.07) is 6.56. The zero-order chi connectivity index (χ0) is 14.9. The Morgan fingerprint density at radius 2 is 2.00 bits per heavy atom. The molecule has 5 nitrogen and oxygen atoms in total. The van der Waals surface area contributed by atoms with E-state index >= 15 is 0 Å². The highest BCUT2D eigenvalue weighted by molar-refractivity contribution is 5.62. The fourth-order valence-corrected chi connectivity index (χ4v) is 2.57. The Balaban J connectivity index is 1.48. The van der Waals surface area contributed by atoms with Crippen LogP contribution < -0.4 is 5.32 Å². The number of anilines is 1. The molecule has 1 N–H and O–H groups in total. The van der Waals surface area contributed by atoms with Crippen LogP contribution in [-0.2, 0) is 6.42 Å². The average Bonchev–Trinajstić information content (AvgIpc) is 3.29. The third kappa shape index (κ3) is 2.52. The first-order chi connectivity index (χ1) is 10.8. The summed E-state index contributed by atoms with van der Waals surface area (Å²) in [5.41, 5.74) is 1.85. The molecule has 0 bridgehead atoms. The summed E-state index contributed by atoms with van der Waals surface area (Å²) >= 11 is 0. The van der Waals surface area contributed by atoms with Gasteiger partial charge in [0, 0.05) is 24.9 Å². The van der Waals surface area contributed by atoms with E-state index in [0.29, 0.717) is 12.5 Å². The van der Waals surface area contributed by atoms with Crippen LogP contribution in [0.25, 0.3) is 5.65 Å². The number of fused-ring (bicyclic) bond motifs is 1. The van der Waals surface area contributed by atoms with Crippen LogP contribution >= 0.6 is 0 Å². The first-order valence-electron chi connectivity index (χ1n) is 7.49. The van der Waals surface area contributed by atoms with Gasteiger partial charge in [-0.1, -0.05) is 12.1 Å². The minimum absolute atomic E-state index is 0.209. The lowest BCUT2D eigenvalue weighted by Gasteiger charge is -2.07. The van der Waals surface area contributed by atoms with Crippen molar-refractivity contribution >= 4 is 11.5 Å². The number of hydrogen-bond donors (Lipinski definition) is 1. The van der Waals surface area contributed by atoms with E-state index in [2.05, 4.69) is 20.5 Å². The van der Waals surface area contributed by atoms with Gasteiger partial charge in [0.25, 0.3) is 0 Å². The number of nitrogens with one attached hydrogen (secondary N) is 1. The Labute approximate surface area is 127 Å². The van der Waals surface area contributed by atoms with Crippen molar-refractivity contribution in [3.8, 4) is 0 Å². The molecule has 6 heteroatoms. The normalized spacial score (nSPS) is 14.4. The summed E-state index contributed by atoms with van der Waals surface area (Å²) < 4.78 is 14.9. The fraction of sp³-hybridized carbons (Fsp3) is 0.312. The minimum Gasteiger partial charge on any atom is -0.367 e. The summed E-state index contributed by atoms with van der Waals surface area (Å²) in [7, 11) is 0. The van der Waals surface area contributed by atoms with Crippen LogP contribution in [0.2, 0.25) is 0 Å². The lowest BCUT2D eigenvalue weighted by Crippen LogP contribution is -2.08. The highest BCUT2D eigenvalue weighted by Crippen LogP contribution is 2.39. The number of halogens is 1. The summed E-state index contributed by atoms with van der Waals surface area (Å²) in [5.74, 6) is 2.10. The minimum atomic E-state index is -0.209. The van der Waals surface area contributed by atoms with Gasteiger partial charge in [-0.15, -0.1) is 10.2 Å². The van der Waals surface area contributed by atoms with E-state index in [1.54, 1.807) is 18.3 Å². The number of nitrogens with zero attached hydrogens (tertiary/aromatic N) is 4. The summed E-state index contributed by atoms with van der Waals surface area (Å²) in [6.07, 6.45) is 6.86. The standard InChI is InChI=1S/C16H16FN5/c17-13-5-1-11(2-6-13)7-8-18-14-16-21-20-15(12-3-4-12)22(16)10-9-19-14/h1-2,5-6,9-10,12H,3-4,7-8H2,(H,18,19). The number of benzene rings is 1. The van der Waals surface area contributed by atoms with Crippen LogP contribution in [0.3, 0.4) is 0 Å². The number of aromatic nitrogens is 4. The lowest BCUT2D eigenvalue weighted by molar-refractivity contribution is 0.627. The van der Waals surface area contributed by atoms with Crippen LogP contribution in [-0.4, -0.2) is 26.1 Å². The predicted octanol–water partition coefficient (Wildman–Crippen LogP) is 2.80. The fourth-order valence-electron chi connectivity index (χ4n) is 2.57. The molecule has 4 rings (SSSR count). The summed E-state index contributed by atoms with van der Waals surface area (Å²) in [5, 5.41) is 11.8. The Hall–Kier alpha value is -2.50. The molecule has 0 saturated heterocycles. The van der Waals surface area contributed by atoms with Crippen molar-refractivity contribution in [2.24, 2.45) is 0 Å². The van der Waals surface area contributed by atoms with Crippen LogP contribution in [0.1, 0.15) is 30.1 Å². The first kappa shape index (κ1) is 13.2. The molecule has 1 saturated carbocycles. The summed E-state index contributed by atoms with van der Waals surface area (Å²) in [4.78, 5) is 4.35. The van der Waals surface area contributed by atoms with E-state index in [9.17, 15) is 4.39 Å². The van der Waals surface area contributed by atoms with Gasteiger partial charge in [0.2, 0.25) is 5.65 Å². The van der Waals surface area contributed by atoms with Crippen molar-refractivity contribution < 1.29 is 4.39 Å². The molecule has 0 spiro atoms. The zero-order valence-electron chi connectivity index (χ0n) is 12.0. The average molecular weight is 297 g/mol. The van der Waals surface area contributed by atoms with E-state index < -0.39 is 0 Å². The van der Waals surface area contributed by atoms with Gasteiger partial charge in [-0.3, -0.25) is 4.40 Å². The topological polar surface area (TPSA) is 55.1 Å². The molecular weight excluding hydrogens is 281 g/mol. The van der Waals surface area contributed by atoms with Crippen LogP contribution in [0.5, 0.6) is 0 Å². The van der Waals surface area contributed by atoms with E-state index in [1.807, 2.05) is 10.6 Å². The van der Waals surface area contributed by atoms with Gasteiger partial charge in [0.15, 0.2) is 5.82 Å². The Bertz CT molecular complexity index is 792. The molecular formula is C16H16FN5. The second-order valence-electron chi connectivity index (χ2n) is 5.61. The van der Waals surface area contributed by atoms with Gasteiger partial charge in [0.05, 0.1) is 0 Å². The highest BCUT2D eigenvalue weighted by Gasteiger charge is 2.29. The second kappa shape index (κ2) is 5.36. The molecule has 22 heavy (non-hydrogen) atoms. The Morgan fingerprint density at radius 1 is 1.18 bits per heavy atom. The van der Waals surface area contributed by atoms with Gasteiger partial charge in [-0.05, 0) is 37.0 Å². The smallest absolute Gasteiger partial charge is 0.203 e. The molecule has 2 aromatic heterocycles. The van der Waals surface area contributed by atoms with Gasteiger partial charge in [-0.2, -0.15) is 0 Å². The van der Waals surface area contributed by atoms with Gasteiger partial charge < -0.3 is 5.32 Å². The molecule has 0 radical (unpaired) electrons. The lowest BCUT2D eigenvalue weighted by atomic mass is 10.1. The molecule has 3 aromatic rings. The molecule has 1 aliphatic rings. The van der Waals surface area contributed by atoms with Gasteiger partial charge >= 0.3 is 0 Å². The largest absolute Gasteiger partial charge is 0.367 e. The maximum Gasteiger partial charge on any atom is 0.203 e. The van der Waals surface area contributed by atoms with Crippen molar-refractivity contribution in [2.45, 2.75) is 25.2 Å². The van der Waals surface area contributed by atoms with Crippen LogP contribution in [0.4, 0.5) is 10.2 Å². The maximum atomic E-state index is 12.9. The van der Waals surface area contributed by atoms with E-state index in [0.717, 1.165) is 29.3 Å². The van der Waals surface area contributed by atoms with Crippen molar-refractivity contribution in [3.05, 3.63) is 53.9 Å². The van der Waals surface area contributed by atoms with E-state index in [-0.39, 0.29) is 5.82 Å². The second-order valence-corrected chi connectivity index (χ2v) is 5.61. The molecule has 1 aliphatic carbocycles. The number of rotatable bonds is 5. The molecule has 112 valence electrons. The van der Waals surface area contributed by atoms with Crippen molar-refractivity contribution in [3.63, 3.8) is 0 Å². The van der Waals surface area contributed by atoms with Gasteiger partial charge in [0.1, 0.15) is 11.6 Å². The molecule has 2 heterocycles. The highest BCUT2D eigenvalue weighted by atomic mass is 19.1. The van der Waals surface area contributed by atoms with Crippen LogP contribution in [0, 0.1) is 5.82 Å². The molecule has 0 aliphatic heterocycles. The quantitative estimate of drug-likeness (QED) is 0.787. The SMILES string of the molecule is Fc1ccc(CCNc2nccn3c(C4CC4)nnc23)cc1. The first-order valence-corrected chi connectivity index (χ1v) is 7.49. The predicted molar refractivity (Wildman–Crippen MR) is 81.4 cm³/mol. The van der Waals surface area contributed by atoms with Gasteiger partial charge in [-0.25, -0.2) is 9.37 Å². The molecule has 0 amide bonds. The van der Waals surface area contributed by atoms with E-state index in [1.165, 1.54) is 25.0 Å². The summed E-state index contributed by atoms with van der Waals surface area (Å²) in [6.45, 7) is 0.712.